The van der Waals surface area contributed by atoms with Crippen molar-refractivity contribution in [3.8, 4) is 0 Å². The molecule has 1 aromatic heterocycles. The maximum Gasteiger partial charge on any atom is 0.255 e. The predicted molar refractivity (Wildman–Crippen MR) is 86.7 cm³/mol. The molecule has 21 heavy (non-hydrogen) atoms. The molecule has 1 unspecified atom stereocenters. The Balaban J connectivity index is 0.00000220. The van der Waals surface area contributed by atoms with Crippen LogP contribution in [0.2, 0.25) is 0 Å². The number of carbonyl (C=O) groups excluding carboxylic acids is 1. The van der Waals surface area contributed by atoms with Gasteiger partial charge >= 0.3 is 0 Å². The van der Waals surface area contributed by atoms with Crippen molar-refractivity contribution < 1.29 is 4.79 Å². The molecule has 1 amide bonds. The summed E-state index contributed by atoms with van der Waals surface area (Å²) in [7, 11) is 1.84. The van der Waals surface area contributed by atoms with E-state index >= 15 is 0 Å². The fourth-order valence-electron chi connectivity index (χ4n) is 3.14. The van der Waals surface area contributed by atoms with Crippen LogP contribution in [0.1, 0.15) is 55.1 Å². The van der Waals surface area contributed by atoms with Gasteiger partial charge in [0.15, 0.2) is 0 Å². The standard InChI is InChI=1S/C15H26N4O.ClH/c1-3-13-12(10-19(2)18-13)15(20)17-14(9-16)11-7-5-4-6-8-11;/h10-11,14H,3-9,16H2,1-2H3,(H,17,20);1H. The lowest BCUT2D eigenvalue weighted by Crippen LogP contribution is -2.46. The Bertz CT molecular complexity index is 455. The Labute approximate surface area is 133 Å². The van der Waals surface area contributed by atoms with Gasteiger partial charge in [0.05, 0.1) is 11.3 Å². The lowest BCUT2D eigenvalue weighted by molar-refractivity contribution is 0.0914. The summed E-state index contributed by atoms with van der Waals surface area (Å²) in [5, 5.41) is 7.44. The molecule has 3 N–H and O–H groups in total. The Morgan fingerprint density at radius 3 is 2.71 bits per heavy atom. The summed E-state index contributed by atoms with van der Waals surface area (Å²) in [6.45, 7) is 2.53. The molecule has 2 rings (SSSR count). The van der Waals surface area contributed by atoms with Crippen LogP contribution in [0, 0.1) is 5.92 Å². The molecule has 0 spiro atoms. The molecule has 1 aromatic rings. The van der Waals surface area contributed by atoms with E-state index in [0.717, 1.165) is 12.1 Å². The van der Waals surface area contributed by atoms with E-state index in [1.165, 1.54) is 32.1 Å². The zero-order chi connectivity index (χ0) is 14.5. The van der Waals surface area contributed by atoms with Gasteiger partial charge in [-0.2, -0.15) is 5.10 Å². The normalized spacial score (nSPS) is 17.1. The van der Waals surface area contributed by atoms with E-state index in [1.54, 1.807) is 10.9 Å². The van der Waals surface area contributed by atoms with E-state index in [2.05, 4.69) is 10.4 Å². The summed E-state index contributed by atoms with van der Waals surface area (Å²) in [6.07, 6.45) is 8.73. The zero-order valence-electron chi connectivity index (χ0n) is 13.0. The van der Waals surface area contributed by atoms with Crippen LogP contribution in [0.5, 0.6) is 0 Å². The molecule has 5 nitrogen and oxygen atoms in total. The van der Waals surface area contributed by atoms with Crippen LogP contribution in [-0.2, 0) is 13.5 Å². The highest BCUT2D eigenvalue weighted by atomic mass is 35.5. The minimum atomic E-state index is -0.0315. The van der Waals surface area contributed by atoms with Gasteiger partial charge in [0.2, 0.25) is 0 Å². The molecule has 6 heteroatoms. The molecule has 1 fully saturated rings. The van der Waals surface area contributed by atoms with Crippen LogP contribution < -0.4 is 11.1 Å². The lowest BCUT2D eigenvalue weighted by atomic mass is 9.84. The smallest absolute Gasteiger partial charge is 0.255 e. The fourth-order valence-corrected chi connectivity index (χ4v) is 3.14. The maximum atomic E-state index is 12.4. The van der Waals surface area contributed by atoms with Crippen LogP contribution in [0.15, 0.2) is 6.20 Å². The minimum Gasteiger partial charge on any atom is -0.348 e. The van der Waals surface area contributed by atoms with Gasteiger partial charge in [-0.25, -0.2) is 0 Å². The summed E-state index contributed by atoms with van der Waals surface area (Å²) in [5.41, 5.74) is 7.41. The zero-order valence-corrected chi connectivity index (χ0v) is 13.8. The largest absolute Gasteiger partial charge is 0.348 e. The van der Waals surface area contributed by atoms with Crippen molar-refractivity contribution >= 4 is 18.3 Å². The van der Waals surface area contributed by atoms with Crippen LogP contribution >= 0.6 is 12.4 Å². The molecule has 1 aliphatic rings. The maximum absolute atomic E-state index is 12.4. The summed E-state index contributed by atoms with van der Waals surface area (Å²) in [5.74, 6) is 0.496. The van der Waals surface area contributed by atoms with Crippen molar-refractivity contribution in [2.75, 3.05) is 6.54 Å². The number of carbonyl (C=O) groups is 1. The molecular weight excluding hydrogens is 288 g/mol. The topological polar surface area (TPSA) is 72.9 Å². The minimum absolute atomic E-state index is 0. The van der Waals surface area contributed by atoms with E-state index in [4.69, 9.17) is 5.73 Å². The quantitative estimate of drug-likeness (QED) is 0.873. The summed E-state index contributed by atoms with van der Waals surface area (Å²) < 4.78 is 1.70. The number of aryl methyl sites for hydroxylation is 2. The van der Waals surface area contributed by atoms with Crippen molar-refractivity contribution in [2.45, 2.75) is 51.5 Å². The van der Waals surface area contributed by atoms with Crippen molar-refractivity contribution in [2.24, 2.45) is 18.7 Å². The van der Waals surface area contributed by atoms with Crippen molar-refractivity contribution in [3.05, 3.63) is 17.5 Å². The number of aromatic nitrogens is 2. The van der Waals surface area contributed by atoms with Gasteiger partial charge in [-0.15, -0.1) is 12.4 Å². The second kappa shape index (κ2) is 8.39. The Hall–Kier alpha value is -1.07. The number of nitrogens with one attached hydrogen (secondary N) is 1. The Morgan fingerprint density at radius 1 is 1.48 bits per heavy atom. The fraction of sp³-hybridized carbons (Fsp3) is 0.733. The number of nitrogens with zero attached hydrogens (tertiary/aromatic N) is 2. The highest BCUT2D eigenvalue weighted by Crippen LogP contribution is 2.26. The monoisotopic (exact) mass is 314 g/mol. The molecule has 0 radical (unpaired) electrons. The van der Waals surface area contributed by atoms with E-state index in [1.807, 2.05) is 14.0 Å². The highest BCUT2D eigenvalue weighted by Gasteiger charge is 2.25. The predicted octanol–water partition coefficient (Wildman–Crippen LogP) is 2.04. The molecule has 0 aromatic carbocycles. The average Bonchev–Trinajstić information content (AvgIpc) is 2.86. The molecular formula is C15H27ClN4O. The van der Waals surface area contributed by atoms with E-state index in [0.29, 0.717) is 18.0 Å². The number of amides is 1. The first-order valence-corrected chi connectivity index (χ1v) is 7.69. The molecule has 0 bridgehead atoms. The second-order valence-corrected chi connectivity index (χ2v) is 5.73. The number of nitrogens with two attached hydrogens (primary N) is 1. The number of hydrogen-bond acceptors (Lipinski definition) is 3. The lowest BCUT2D eigenvalue weighted by Gasteiger charge is -2.30. The van der Waals surface area contributed by atoms with E-state index in [9.17, 15) is 4.79 Å². The van der Waals surface area contributed by atoms with E-state index in [-0.39, 0.29) is 24.4 Å². The summed E-state index contributed by atoms with van der Waals surface area (Å²) >= 11 is 0. The first kappa shape index (κ1) is 18.0. The third-order valence-electron chi connectivity index (χ3n) is 4.27. The Kier molecular flexibility index (Phi) is 7.18. The molecule has 1 saturated carbocycles. The van der Waals surface area contributed by atoms with E-state index < -0.39 is 0 Å². The van der Waals surface area contributed by atoms with Crippen LogP contribution in [0.4, 0.5) is 0 Å². The molecule has 1 heterocycles. The highest BCUT2D eigenvalue weighted by molar-refractivity contribution is 5.95. The number of halogens is 1. The summed E-state index contributed by atoms with van der Waals surface area (Å²) in [6, 6.07) is 0.0905. The van der Waals surface area contributed by atoms with Gasteiger partial charge in [0.1, 0.15) is 0 Å². The molecule has 0 saturated heterocycles. The molecule has 1 aliphatic carbocycles. The van der Waals surface area contributed by atoms with Gasteiger partial charge in [-0.1, -0.05) is 26.2 Å². The van der Waals surface area contributed by atoms with Gasteiger partial charge in [-0.3, -0.25) is 9.48 Å². The first-order chi connectivity index (χ1) is 9.65. The molecule has 120 valence electrons. The van der Waals surface area contributed by atoms with Gasteiger partial charge in [0, 0.05) is 25.8 Å². The third-order valence-corrected chi connectivity index (χ3v) is 4.27. The first-order valence-electron chi connectivity index (χ1n) is 7.69. The average molecular weight is 315 g/mol. The van der Waals surface area contributed by atoms with Crippen molar-refractivity contribution in [1.29, 1.82) is 0 Å². The van der Waals surface area contributed by atoms with Crippen molar-refractivity contribution in [3.63, 3.8) is 0 Å². The van der Waals surface area contributed by atoms with Gasteiger partial charge in [-0.05, 0) is 25.2 Å². The van der Waals surface area contributed by atoms with Gasteiger partial charge in [0.25, 0.3) is 5.91 Å². The van der Waals surface area contributed by atoms with Crippen LogP contribution in [-0.4, -0.2) is 28.3 Å². The van der Waals surface area contributed by atoms with Crippen molar-refractivity contribution in [1.82, 2.24) is 15.1 Å². The Morgan fingerprint density at radius 2 is 2.14 bits per heavy atom. The molecule has 0 aliphatic heterocycles. The van der Waals surface area contributed by atoms with Gasteiger partial charge < -0.3 is 11.1 Å². The third kappa shape index (κ3) is 4.45. The number of rotatable bonds is 5. The SMILES string of the molecule is CCc1nn(C)cc1C(=O)NC(CN)C1CCCCC1.Cl. The second-order valence-electron chi connectivity index (χ2n) is 5.73. The summed E-state index contributed by atoms with van der Waals surface area (Å²) in [4.78, 5) is 12.4. The van der Waals surface area contributed by atoms with Crippen LogP contribution in [0.3, 0.4) is 0 Å². The molecule has 1 atom stereocenters. The number of hydrogen-bond donors (Lipinski definition) is 2. The van der Waals surface area contributed by atoms with Crippen LogP contribution in [0.25, 0.3) is 0 Å².